The molecule has 0 atom stereocenters. The molecule has 21 heavy (non-hydrogen) atoms. The van der Waals surface area contributed by atoms with Crippen molar-refractivity contribution in [3.63, 3.8) is 0 Å². The number of ketones is 1. The van der Waals surface area contributed by atoms with Crippen LogP contribution in [0.15, 0.2) is 34.0 Å². The van der Waals surface area contributed by atoms with E-state index in [0.717, 1.165) is 14.6 Å². The summed E-state index contributed by atoms with van der Waals surface area (Å²) < 4.78 is 0.891. The van der Waals surface area contributed by atoms with Gasteiger partial charge in [0.1, 0.15) is 6.07 Å². The molecule has 2 rings (SSSR count). The fraction of sp³-hybridized carbons (Fsp3) is 0.200. The highest BCUT2D eigenvalue weighted by Gasteiger charge is 2.23. The predicted octanol–water partition coefficient (Wildman–Crippen LogP) is 4.33. The van der Waals surface area contributed by atoms with Crippen molar-refractivity contribution in [2.75, 3.05) is 20.4 Å². The molecule has 0 N–H and O–H groups in total. The molecular weight excluding hydrogens is 320 g/mol. The number of hydrogen-bond donors (Lipinski definition) is 0. The maximum Gasteiger partial charge on any atom is 0.197 e. The van der Waals surface area contributed by atoms with Gasteiger partial charge in [-0.05, 0) is 17.7 Å². The lowest BCUT2D eigenvalue weighted by Crippen LogP contribution is -2.02. The molecule has 0 radical (unpaired) electrons. The zero-order chi connectivity index (χ0) is 15.4. The Morgan fingerprint density at radius 2 is 2.24 bits per heavy atom. The third-order valence-electron chi connectivity index (χ3n) is 2.69. The number of hydrogen-bond acceptors (Lipinski definition) is 6. The van der Waals surface area contributed by atoms with Crippen molar-refractivity contribution in [2.45, 2.75) is 4.21 Å². The van der Waals surface area contributed by atoms with Gasteiger partial charge in [-0.25, -0.2) is 0 Å². The van der Waals surface area contributed by atoms with E-state index in [1.165, 1.54) is 23.1 Å². The second-order valence-electron chi connectivity index (χ2n) is 4.41. The minimum Gasteiger partial charge on any atom is -0.383 e. The van der Waals surface area contributed by atoms with Gasteiger partial charge in [-0.3, -0.25) is 4.79 Å². The second kappa shape index (κ2) is 6.94. The lowest BCUT2D eigenvalue weighted by atomic mass is 10.1. The largest absolute Gasteiger partial charge is 0.383 e. The molecule has 2 aromatic heterocycles. The zero-order valence-electron chi connectivity index (χ0n) is 11.9. The number of thiophene rings is 2. The van der Waals surface area contributed by atoms with Crippen LogP contribution in [0.5, 0.6) is 0 Å². The maximum atomic E-state index is 12.4. The Labute approximate surface area is 136 Å². The smallest absolute Gasteiger partial charge is 0.197 e. The average molecular weight is 334 g/mol. The Kier molecular flexibility index (Phi) is 5.23. The van der Waals surface area contributed by atoms with Crippen LogP contribution >= 0.6 is 34.4 Å². The van der Waals surface area contributed by atoms with Crippen LogP contribution in [0, 0.1) is 11.3 Å². The summed E-state index contributed by atoms with van der Waals surface area (Å²) in [5, 5.41) is 11.4. The first kappa shape index (κ1) is 15.8. The molecule has 0 unspecified atom stereocenters. The highest BCUT2D eigenvalue weighted by molar-refractivity contribution is 8.00. The van der Waals surface area contributed by atoms with Crippen molar-refractivity contribution in [1.29, 1.82) is 5.26 Å². The summed E-state index contributed by atoms with van der Waals surface area (Å²) in [7, 11) is 3.73. The van der Waals surface area contributed by atoms with E-state index in [0.29, 0.717) is 10.4 Å². The molecule has 0 aromatic carbocycles. The molecular formula is C15H14N2OS3. The first-order valence-electron chi connectivity index (χ1n) is 6.12. The first-order chi connectivity index (χ1) is 10.1. The molecule has 2 heterocycles. The van der Waals surface area contributed by atoms with Gasteiger partial charge in [-0.2, -0.15) is 5.26 Å². The summed E-state index contributed by atoms with van der Waals surface area (Å²) in [6, 6.07) is 6.13. The van der Waals surface area contributed by atoms with E-state index in [2.05, 4.69) is 6.07 Å². The molecule has 0 aliphatic rings. The number of carbonyl (C=O) groups excluding carboxylic acids is 1. The van der Waals surface area contributed by atoms with Gasteiger partial charge in [0.25, 0.3) is 0 Å². The van der Waals surface area contributed by atoms with Crippen molar-refractivity contribution in [2.24, 2.45) is 0 Å². The Bertz CT molecular complexity index is 706. The van der Waals surface area contributed by atoms with Gasteiger partial charge in [0.05, 0.1) is 14.6 Å². The Morgan fingerprint density at radius 1 is 1.48 bits per heavy atom. The van der Waals surface area contributed by atoms with Crippen LogP contribution in [0.4, 0.5) is 0 Å². The van der Waals surface area contributed by atoms with Crippen molar-refractivity contribution in [1.82, 2.24) is 4.90 Å². The fourth-order valence-corrected chi connectivity index (χ4v) is 4.48. The molecule has 108 valence electrons. The average Bonchev–Trinajstić information content (AvgIpc) is 3.10. The Hall–Kier alpha value is -1.55. The van der Waals surface area contributed by atoms with Crippen LogP contribution in [-0.4, -0.2) is 31.0 Å². The fourth-order valence-electron chi connectivity index (χ4n) is 1.78. The van der Waals surface area contributed by atoms with Gasteiger partial charge in [-0.15, -0.1) is 34.4 Å². The highest BCUT2D eigenvalue weighted by Crippen LogP contribution is 2.42. The summed E-state index contributed by atoms with van der Waals surface area (Å²) >= 11 is 4.45. The standard InChI is InChI=1S/C15H14N2OS3/c1-17(2)7-6-11(18)14-13(12-5-4-8-20-12)10(9-16)15(19-3)21-14/h4-8H,1-3H3/b7-6+. The molecule has 0 bridgehead atoms. The van der Waals surface area contributed by atoms with Crippen molar-refractivity contribution in [3.05, 3.63) is 40.2 Å². The predicted molar refractivity (Wildman–Crippen MR) is 91.3 cm³/mol. The zero-order valence-corrected chi connectivity index (χ0v) is 14.4. The Balaban J connectivity index is 2.58. The molecule has 0 aliphatic carbocycles. The lowest BCUT2D eigenvalue weighted by Gasteiger charge is -2.03. The highest BCUT2D eigenvalue weighted by atomic mass is 32.2. The van der Waals surface area contributed by atoms with E-state index >= 15 is 0 Å². The molecule has 6 heteroatoms. The van der Waals surface area contributed by atoms with E-state index in [4.69, 9.17) is 0 Å². The van der Waals surface area contributed by atoms with E-state index in [-0.39, 0.29) is 5.78 Å². The monoisotopic (exact) mass is 334 g/mol. The van der Waals surface area contributed by atoms with Crippen LogP contribution in [-0.2, 0) is 0 Å². The van der Waals surface area contributed by atoms with Gasteiger partial charge in [0, 0.05) is 36.8 Å². The molecule has 2 aromatic rings. The Morgan fingerprint density at radius 3 is 2.76 bits per heavy atom. The van der Waals surface area contributed by atoms with Crippen LogP contribution < -0.4 is 0 Å². The van der Waals surface area contributed by atoms with Crippen molar-refractivity contribution in [3.8, 4) is 16.5 Å². The summed E-state index contributed by atoms with van der Waals surface area (Å²) in [5.74, 6) is -0.0612. The third kappa shape index (κ3) is 3.38. The molecule has 0 saturated heterocycles. The van der Waals surface area contributed by atoms with Crippen LogP contribution in [0.2, 0.25) is 0 Å². The number of nitriles is 1. The summed E-state index contributed by atoms with van der Waals surface area (Å²) in [6.07, 6.45) is 5.20. The maximum absolute atomic E-state index is 12.4. The number of rotatable bonds is 5. The molecule has 0 spiro atoms. The second-order valence-corrected chi connectivity index (χ2v) is 7.45. The number of nitrogens with zero attached hydrogens (tertiary/aromatic N) is 2. The van der Waals surface area contributed by atoms with Crippen LogP contribution in [0.1, 0.15) is 15.2 Å². The molecule has 0 aliphatic heterocycles. The molecule has 3 nitrogen and oxygen atoms in total. The van der Waals surface area contributed by atoms with Crippen LogP contribution in [0.25, 0.3) is 10.4 Å². The molecule has 0 fully saturated rings. The van der Waals surface area contributed by atoms with Gasteiger partial charge >= 0.3 is 0 Å². The van der Waals surface area contributed by atoms with Gasteiger partial charge in [0.15, 0.2) is 5.78 Å². The van der Waals surface area contributed by atoms with Crippen molar-refractivity contribution < 1.29 is 4.79 Å². The minimum atomic E-state index is -0.0612. The van der Waals surface area contributed by atoms with Gasteiger partial charge in [-0.1, -0.05) is 6.07 Å². The molecule has 0 saturated carbocycles. The minimum absolute atomic E-state index is 0.0612. The van der Waals surface area contributed by atoms with E-state index in [1.807, 2.05) is 42.8 Å². The topological polar surface area (TPSA) is 44.1 Å². The van der Waals surface area contributed by atoms with E-state index in [1.54, 1.807) is 23.6 Å². The first-order valence-corrected chi connectivity index (χ1v) is 9.04. The third-order valence-corrected chi connectivity index (χ3v) is 5.90. The summed E-state index contributed by atoms with van der Waals surface area (Å²) in [5.41, 5.74) is 1.38. The number of allylic oxidation sites excluding steroid dienone is 1. The van der Waals surface area contributed by atoms with Gasteiger partial charge < -0.3 is 4.90 Å². The normalized spacial score (nSPS) is 10.8. The van der Waals surface area contributed by atoms with Gasteiger partial charge in [0.2, 0.25) is 0 Å². The molecule has 0 amide bonds. The number of carbonyl (C=O) groups is 1. The number of thioether (sulfide) groups is 1. The summed E-state index contributed by atoms with van der Waals surface area (Å²) in [6.45, 7) is 0. The van der Waals surface area contributed by atoms with Crippen LogP contribution in [0.3, 0.4) is 0 Å². The summed E-state index contributed by atoms with van der Waals surface area (Å²) in [4.78, 5) is 15.9. The van der Waals surface area contributed by atoms with E-state index in [9.17, 15) is 10.1 Å². The lowest BCUT2D eigenvalue weighted by molar-refractivity contribution is 0.105. The van der Waals surface area contributed by atoms with E-state index < -0.39 is 0 Å². The quantitative estimate of drug-likeness (QED) is 0.464. The van der Waals surface area contributed by atoms with Crippen molar-refractivity contribution >= 4 is 40.2 Å². The SMILES string of the molecule is CSc1sc(C(=O)/C=C/N(C)C)c(-c2cccs2)c1C#N.